The van der Waals surface area contributed by atoms with E-state index in [1.54, 1.807) is 24.3 Å². The van der Waals surface area contributed by atoms with Gasteiger partial charge >= 0.3 is 21.6 Å². The molecule has 3 aromatic carbocycles. The fourth-order valence-corrected chi connectivity index (χ4v) is 4.87. The smallest absolute Gasteiger partial charge is 0.409 e. The molecule has 0 aliphatic heterocycles. The molecule has 0 spiro atoms. The third kappa shape index (κ3) is 7.53. The summed E-state index contributed by atoms with van der Waals surface area (Å²) in [5.74, 6) is 0.695. The normalized spacial score (nSPS) is 11.8. The van der Waals surface area contributed by atoms with Gasteiger partial charge in [0, 0.05) is 24.9 Å². The number of amides is 2. The quantitative estimate of drug-likeness (QED) is 0.192. The van der Waals surface area contributed by atoms with Gasteiger partial charge in [0.25, 0.3) is 0 Å². The van der Waals surface area contributed by atoms with Gasteiger partial charge in [-0.15, -0.1) is 0 Å². The van der Waals surface area contributed by atoms with Gasteiger partial charge in [0.05, 0.1) is 11.2 Å². The second kappa shape index (κ2) is 13.3. The van der Waals surface area contributed by atoms with E-state index in [4.69, 9.17) is 9.72 Å². The van der Waals surface area contributed by atoms with Crippen molar-refractivity contribution in [1.82, 2.24) is 14.3 Å². The molecule has 0 saturated carbocycles. The van der Waals surface area contributed by atoms with Gasteiger partial charge in [0.1, 0.15) is 17.1 Å². The minimum absolute atomic E-state index is 0.0704. The Hall–Kier alpha value is -4.39. The Morgan fingerprint density at radius 2 is 1.67 bits per heavy atom. The van der Waals surface area contributed by atoms with Crippen LogP contribution in [0.15, 0.2) is 66.7 Å². The molecule has 228 valence electrons. The standard InChI is InChI=1S/C30H31F3N4O5S/c1-3-5-14-26-35-28-23(34-27(38)9-4-2)11-8-12-24(28)37(26)19-20-15-17-21(18-16-20)22-10-6-7-13-25(22)42-29(39)36-43(40,41)30(31,32)33/h6-8,10-13,15-18H,3-5,9,14,19H2,1-2H3,(H,34,38)(H,36,39). The zero-order valence-corrected chi connectivity index (χ0v) is 24.4. The largest absolute Gasteiger partial charge is 0.516 e. The number of nitrogens with zero attached hydrogens (tertiary/aromatic N) is 2. The summed E-state index contributed by atoms with van der Waals surface area (Å²) in [4.78, 5) is 29.2. The molecule has 1 heterocycles. The molecule has 0 aliphatic carbocycles. The predicted octanol–water partition coefficient (Wildman–Crippen LogP) is 6.77. The third-order valence-corrected chi connectivity index (χ3v) is 7.63. The maximum absolute atomic E-state index is 12.6. The Morgan fingerprint density at radius 3 is 2.35 bits per heavy atom. The van der Waals surface area contributed by atoms with Gasteiger partial charge in [-0.25, -0.2) is 14.5 Å². The Bertz CT molecular complexity index is 1720. The van der Waals surface area contributed by atoms with Gasteiger partial charge in [-0.3, -0.25) is 4.79 Å². The first kappa shape index (κ1) is 31.5. The Morgan fingerprint density at radius 1 is 0.953 bits per heavy atom. The van der Waals surface area contributed by atoms with Gasteiger partial charge in [0.2, 0.25) is 5.91 Å². The zero-order valence-electron chi connectivity index (χ0n) is 23.6. The van der Waals surface area contributed by atoms with Crippen LogP contribution in [-0.4, -0.2) is 35.5 Å². The van der Waals surface area contributed by atoms with Gasteiger partial charge in [0.15, 0.2) is 0 Å². The van der Waals surface area contributed by atoms with E-state index >= 15 is 0 Å². The van der Waals surface area contributed by atoms with Crippen LogP contribution in [0.3, 0.4) is 0 Å². The van der Waals surface area contributed by atoms with E-state index in [9.17, 15) is 31.2 Å². The summed E-state index contributed by atoms with van der Waals surface area (Å²) in [5, 5.41) is 2.97. The van der Waals surface area contributed by atoms with Crippen LogP contribution >= 0.6 is 0 Å². The molecule has 2 amide bonds. The maximum Gasteiger partial charge on any atom is 0.516 e. The second-order valence-electron chi connectivity index (χ2n) is 9.82. The highest BCUT2D eigenvalue weighted by Crippen LogP contribution is 2.31. The Kier molecular flexibility index (Phi) is 9.74. The lowest BCUT2D eigenvalue weighted by atomic mass is 10.0. The first-order valence-electron chi connectivity index (χ1n) is 13.7. The van der Waals surface area contributed by atoms with Gasteiger partial charge in [-0.1, -0.05) is 68.8 Å². The number of imidazole rings is 1. The first-order chi connectivity index (χ1) is 20.4. The number of anilines is 1. The molecule has 9 nitrogen and oxygen atoms in total. The van der Waals surface area contributed by atoms with Gasteiger partial charge in [-0.05, 0) is 42.2 Å². The second-order valence-corrected chi connectivity index (χ2v) is 11.5. The molecule has 0 aliphatic rings. The minimum Gasteiger partial charge on any atom is -0.409 e. The number of carbonyl (C=O) groups is 2. The summed E-state index contributed by atoms with van der Waals surface area (Å²) in [5.41, 5.74) is -1.52. The molecule has 43 heavy (non-hydrogen) atoms. The summed E-state index contributed by atoms with van der Waals surface area (Å²) in [6.45, 7) is 4.53. The average molecular weight is 617 g/mol. The highest BCUT2D eigenvalue weighted by molar-refractivity contribution is 7.90. The van der Waals surface area contributed by atoms with E-state index < -0.39 is 21.6 Å². The van der Waals surface area contributed by atoms with E-state index in [1.165, 1.54) is 12.1 Å². The molecule has 1 aromatic heterocycles. The SMILES string of the molecule is CCCCc1nc2c(NC(=O)CCC)cccc2n1Cc1ccc(-c2ccccc2OC(=O)NS(=O)(=O)C(F)(F)F)cc1. The number of carbonyl (C=O) groups excluding carboxylic acids is 2. The van der Waals surface area contributed by atoms with Crippen molar-refractivity contribution in [1.29, 1.82) is 0 Å². The number of rotatable bonds is 11. The third-order valence-electron chi connectivity index (χ3n) is 6.58. The van der Waals surface area contributed by atoms with E-state index in [1.807, 2.05) is 37.3 Å². The van der Waals surface area contributed by atoms with Crippen molar-refractivity contribution >= 4 is 38.7 Å². The van der Waals surface area contributed by atoms with Crippen molar-refractivity contribution in [3.63, 3.8) is 0 Å². The number of alkyl halides is 3. The predicted molar refractivity (Wildman–Crippen MR) is 157 cm³/mol. The van der Waals surface area contributed by atoms with Crippen molar-refractivity contribution in [2.24, 2.45) is 0 Å². The van der Waals surface area contributed by atoms with Crippen molar-refractivity contribution in [2.45, 2.75) is 58.0 Å². The number of unbranched alkanes of at least 4 members (excludes halogenated alkanes) is 1. The summed E-state index contributed by atoms with van der Waals surface area (Å²) >= 11 is 0. The molecule has 4 rings (SSSR count). The fraction of sp³-hybridized carbons (Fsp3) is 0.300. The molecule has 0 saturated heterocycles. The van der Waals surface area contributed by atoms with Crippen LogP contribution in [0.25, 0.3) is 22.2 Å². The molecule has 0 radical (unpaired) electrons. The van der Waals surface area contributed by atoms with Crippen LogP contribution in [0.2, 0.25) is 0 Å². The number of aromatic nitrogens is 2. The lowest BCUT2D eigenvalue weighted by molar-refractivity contribution is -0.116. The monoisotopic (exact) mass is 616 g/mol. The number of fused-ring (bicyclic) bond motifs is 1. The summed E-state index contributed by atoms with van der Waals surface area (Å²) < 4.78 is 68.4. The number of para-hydroxylation sites is 2. The van der Waals surface area contributed by atoms with Crippen LogP contribution in [0.4, 0.5) is 23.7 Å². The van der Waals surface area contributed by atoms with Crippen LogP contribution in [0, 0.1) is 0 Å². The summed E-state index contributed by atoms with van der Waals surface area (Å²) in [7, 11) is -5.91. The van der Waals surface area contributed by atoms with Crippen LogP contribution in [-0.2, 0) is 27.8 Å². The molecular weight excluding hydrogens is 585 g/mol. The van der Waals surface area contributed by atoms with E-state index in [2.05, 4.69) is 16.8 Å². The number of sulfonamides is 1. The topological polar surface area (TPSA) is 119 Å². The number of hydrogen-bond acceptors (Lipinski definition) is 6. The molecule has 0 atom stereocenters. The molecule has 4 aromatic rings. The molecule has 0 unspecified atom stereocenters. The Labute approximate surface area is 247 Å². The average Bonchev–Trinajstić information content (AvgIpc) is 3.30. The minimum atomic E-state index is -5.91. The first-order valence-corrected chi connectivity index (χ1v) is 15.2. The van der Waals surface area contributed by atoms with Gasteiger partial charge in [-0.2, -0.15) is 21.6 Å². The lowest BCUT2D eigenvalue weighted by Crippen LogP contribution is -2.41. The van der Waals surface area contributed by atoms with Crippen molar-refractivity contribution in [3.8, 4) is 16.9 Å². The summed E-state index contributed by atoms with van der Waals surface area (Å²) in [6.07, 6.45) is 2.05. The zero-order chi connectivity index (χ0) is 31.2. The molecule has 0 bridgehead atoms. The number of aryl methyl sites for hydroxylation is 1. The van der Waals surface area contributed by atoms with Crippen LogP contribution < -0.4 is 14.8 Å². The number of hydrogen-bond donors (Lipinski definition) is 2. The maximum atomic E-state index is 12.6. The summed E-state index contributed by atoms with van der Waals surface area (Å²) in [6, 6.07) is 19.0. The number of halogens is 3. The molecule has 13 heteroatoms. The Balaban J connectivity index is 1.59. The number of nitrogens with one attached hydrogen (secondary N) is 2. The number of benzene rings is 3. The van der Waals surface area contributed by atoms with Crippen molar-refractivity contribution < 1.29 is 35.9 Å². The van der Waals surface area contributed by atoms with Crippen LogP contribution in [0.1, 0.15) is 50.9 Å². The molecule has 2 N–H and O–H groups in total. The highest BCUT2D eigenvalue weighted by Gasteiger charge is 2.47. The van der Waals surface area contributed by atoms with Gasteiger partial charge < -0.3 is 14.6 Å². The highest BCUT2D eigenvalue weighted by atomic mass is 32.2. The van der Waals surface area contributed by atoms with E-state index in [-0.39, 0.29) is 11.7 Å². The van der Waals surface area contributed by atoms with Crippen LogP contribution in [0.5, 0.6) is 5.75 Å². The van der Waals surface area contributed by atoms with E-state index in [0.717, 1.165) is 47.3 Å². The van der Waals surface area contributed by atoms with Crippen molar-refractivity contribution in [3.05, 3.63) is 78.1 Å². The van der Waals surface area contributed by atoms with Crippen molar-refractivity contribution in [2.75, 3.05) is 5.32 Å². The number of ether oxygens (including phenoxy) is 1. The van der Waals surface area contributed by atoms with E-state index in [0.29, 0.717) is 35.3 Å². The molecule has 0 fully saturated rings. The molecular formula is C30H31F3N4O5S. The lowest BCUT2D eigenvalue weighted by Gasteiger charge is -2.13. The fourth-order valence-electron chi connectivity index (χ4n) is 4.49.